The molecule has 0 fully saturated rings. The van der Waals surface area contributed by atoms with Crippen molar-refractivity contribution in [3.63, 3.8) is 0 Å². The number of amides is 1. The van der Waals surface area contributed by atoms with Crippen molar-refractivity contribution in [1.82, 2.24) is 0 Å². The number of benzene rings is 1. The zero-order chi connectivity index (χ0) is 12.0. The zero-order valence-corrected chi connectivity index (χ0v) is 8.90. The van der Waals surface area contributed by atoms with Gasteiger partial charge in [0.05, 0.1) is 6.61 Å². The van der Waals surface area contributed by atoms with Gasteiger partial charge in [0.15, 0.2) is 0 Å². The number of ether oxygens (including phenoxy) is 1. The molecule has 16 heavy (non-hydrogen) atoms. The highest BCUT2D eigenvalue weighted by Crippen LogP contribution is 2.11. The molecule has 0 saturated carbocycles. The lowest BCUT2D eigenvalue weighted by molar-refractivity contribution is -0.139. The average Bonchev–Trinajstić information content (AvgIpc) is 2.17. The predicted molar refractivity (Wildman–Crippen MR) is 58.0 cm³/mol. The van der Waals surface area contributed by atoms with Crippen LogP contribution in [0.2, 0.25) is 0 Å². The van der Waals surface area contributed by atoms with Crippen LogP contribution in [0.3, 0.4) is 0 Å². The maximum atomic E-state index is 11.2. The molecule has 5 nitrogen and oxygen atoms in total. The first-order valence-corrected chi connectivity index (χ1v) is 4.71. The van der Waals surface area contributed by atoms with Gasteiger partial charge >= 0.3 is 5.97 Å². The van der Waals surface area contributed by atoms with Gasteiger partial charge in [0.1, 0.15) is 6.42 Å². The van der Waals surface area contributed by atoms with E-state index in [9.17, 15) is 9.59 Å². The number of aliphatic carboxylic acids is 1. The summed E-state index contributed by atoms with van der Waals surface area (Å²) in [6.45, 7) is 0.447. The van der Waals surface area contributed by atoms with E-state index in [-0.39, 0.29) is 0 Å². The highest BCUT2D eigenvalue weighted by Gasteiger charge is 2.07. The standard InChI is InChI=1S/C11H13NO4/c1-16-7-8-3-2-4-9(5-8)12-10(13)6-11(14)15/h2-5H,6-7H2,1H3,(H,12,13)(H,14,15). The monoisotopic (exact) mass is 223 g/mol. The largest absolute Gasteiger partial charge is 0.481 e. The third-order valence-electron chi connectivity index (χ3n) is 1.83. The molecule has 1 amide bonds. The Bertz CT molecular complexity index is 389. The summed E-state index contributed by atoms with van der Waals surface area (Å²) in [6, 6.07) is 7.06. The van der Waals surface area contributed by atoms with Gasteiger partial charge in [-0.2, -0.15) is 0 Å². The maximum absolute atomic E-state index is 11.2. The number of methoxy groups -OCH3 is 1. The van der Waals surface area contributed by atoms with Gasteiger partial charge in [0, 0.05) is 12.8 Å². The summed E-state index contributed by atoms with van der Waals surface area (Å²) in [6.07, 6.45) is -0.533. The van der Waals surface area contributed by atoms with Gasteiger partial charge in [-0.05, 0) is 17.7 Å². The van der Waals surface area contributed by atoms with E-state index in [1.54, 1.807) is 25.3 Å². The van der Waals surface area contributed by atoms with Crippen LogP contribution in [-0.2, 0) is 20.9 Å². The molecule has 0 unspecified atom stereocenters. The molecule has 0 radical (unpaired) electrons. The van der Waals surface area contributed by atoms with Gasteiger partial charge in [-0.25, -0.2) is 0 Å². The first kappa shape index (κ1) is 12.2. The smallest absolute Gasteiger partial charge is 0.312 e. The van der Waals surface area contributed by atoms with Gasteiger partial charge in [-0.3, -0.25) is 9.59 Å². The van der Waals surface area contributed by atoms with Crippen molar-refractivity contribution in [3.05, 3.63) is 29.8 Å². The molecule has 1 rings (SSSR count). The van der Waals surface area contributed by atoms with Crippen LogP contribution in [0, 0.1) is 0 Å². The topological polar surface area (TPSA) is 75.6 Å². The van der Waals surface area contributed by atoms with Crippen molar-refractivity contribution >= 4 is 17.6 Å². The summed E-state index contributed by atoms with van der Waals surface area (Å²) in [5.74, 6) is -1.69. The molecule has 0 bridgehead atoms. The Labute approximate surface area is 93.0 Å². The molecule has 2 N–H and O–H groups in total. The molecule has 1 aromatic rings. The Balaban J connectivity index is 2.62. The van der Waals surface area contributed by atoms with Crippen molar-refractivity contribution in [1.29, 1.82) is 0 Å². The first-order chi connectivity index (χ1) is 7.61. The van der Waals surface area contributed by atoms with Gasteiger partial charge in [-0.15, -0.1) is 0 Å². The van der Waals surface area contributed by atoms with Crippen LogP contribution in [-0.4, -0.2) is 24.1 Å². The Kier molecular flexibility index (Phi) is 4.47. The third-order valence-corrected chi connectivity index (χ3v) is 1.83. The Morgan fingerprint density at radius 1 is 1.44 bits per heavy atom. The Morgan fingerprint density at radius 2 is 2.19 bits per heavy atom. The second kappa shape index (κ2) is 5.87. The fourth-order valence-corrected chi connectivity index (χ4v) is 1.25. The number of hydrogen-bond donors (Lipinski definition) is 2. The van der Waals surface area contributed by atoms with Crippen LogP contribution in [0.4, 0.5) is 5.69 Å². The number of anilines is 1. The molecule has 0 atom stereocenters. The Hall–Kier alpha value is -1.88. The lowest BCUT2D eigenvalue weighted by Gasteiger charge is -2.05. The molecule has 86 valence electrons. The number of carbonyl (C=O) groups excluding carboxylic acids is 1. The Morgan fingerprint density at radius 3 is 2.81 bits per heavy atom. The minimum Gasteiger partial charge on any atom is -0.481 e. The van der Waals surface area contributed by atoms with Crippen molar-refractivity contribution in [2.24, 2.45) is 0 Å². The molecule has 1 aromatic carbocycles. The molecule has 0 spiro atoms. The summed E-state index contributed by atoms with van der Waals surface area (Å²) < 4.78 is 4.95. The summed E-state index contributed by atoms with van der Waals surface area (Å²) in [5.41, 5.74) is 1.48. The molecule has 0 aliphatic carbocycles. The van der Waals surface area contributed by atoms with Crippen molar-refractivity contribution in [2.45, 2.75) is 13.0 Å². The van der Waals surface area contributed by atoms with Crippen LogP contribution in [0.1, 0.15) is 12.0 Å². The van der Waals surface area contributed by atoms with E-state index < -0.39 is 18.3 Å². The van der Waals surface area contributed by atoms with Gasteiger partial charge < -0.3 is 15.2 Å². The highest BCUT2D eigenvalue weighted by molar-refractivity contribution is 6.01. The molecular formula is C11H13NO4. The summed E-state index contributed by atoms with van der Waals surface area (Å²) >= 11 is 0. The van der Waals surface area contributed by atoms with E-state index in [1.807, 2.05) is 6.07 Å². The number of nitrogens with one attached hydrogen (secondary N) is 1. The molecule has 0 heterocycles. The van der Waals surface area contributed by atoms with Gasteiger partial charge in [-0.1, -0.05) is 12.1 Å². The van der Waals surface area contributed by atoms with E-state index in [1.165, 1.54) is 0 Å². The second-order valence-corrected chi connectivity index (χ2v) is 3.25. The number of hydrogen-bond acceptors (Lipinski definition) is 3. The summed E-state index contributed by atoms with van der Waals surface area (Å²) in [7, 11) is 1.58. The molecule has 0 aliphatic heterocycles. The van der Waals surface area contributed by atoms with E-state index in [2.05, 4.69) is 5.32 Å². The van der Waals surface area contributed by atoms with Crippen LogP contribution < -0.4 is 5.32 Å². The number of rotatable bonds is 5. The third kappa shape index (κ3) is 4.10. The van der Waals surface area contributed by atoms with E-state index >= 15 is 0 Å². The second-order valence-electron chi connectivity index (χ2n) is 3.25. The lowest BCUT2D eigenvalue weighted by Crippen LogP contribution is -2.15. The van der Waals surface area contributed by atoms with Crippen molar-refractivity contribution < 1.29 is 19.4 Å². The summed E-state index contributed by atoms with van der Waals surface area (Å²) in [4.78, 5) is 21.5. The highest BCUT2D eigenvalue weighted by atomic mass is 16.5. The normalized spacial score (nSPS) is 9.81. The lowest BCUT2D eigenvalue weighted by atomic mass is 10.2. The van der Waals surface area contributed by atoms with Crippen LogP contribution in [0.5, 0.6) is 0 Å². The van der Waals surface area contributed by atoms with Crippen molar-refractivity contribution in [2.75, 3.05) is 12.4 Å². The van der Waals surface area contributed by atoms with Crippen molar-refractivity contribution in [3.8, 4) is 0 Å². The molecule has 5 heteroatoms. The molecule has 0 aromatic heterocycles. The van der Waals surface area contributed by atoms with E-state index in [0.29, 0.717) is 12.3 Å². The van der Waals surface area contributed by atoms with E-state index in [4.69, 9.17) is 9.84 Å². The van der Waals surface area contributed by atoms with Crippen LogP contribution >= 0.6 is 0 Å². The van der Waals surface area contributed by atoms with Crippen LogP contribution in [0.15, 0.2) is 24.3 Å². The number of carboxylic acid groups (broad SMARTS) is 1. The average molecular weight is 223 g/mol. The SMILES string of the molecule is COCc1cccc(NC(=O)CC(=O)O)c1. The zero-order valence-electron chi connectivity index (χ0n) is 8.90. The quantitative estimate of drug-likeness (QED) is 0.736. The fraction of sp³-hybridized carbons (Fsp3) is 0.273. The van der Waals surface area contributed by atoms with Gasteiger partial charge in [0.2, 0.25) is 5.91 Å². The minimum atomic E-state index is -1.15. The maximum Gasteiger partial charge on any atom is 0.312 e. The first-order valence-electron chi connectivity index (χ1n) is 4.71. The fourth-order valence-electron chi connectivity index (χ4n) is 1.25. The molecule has 0 aliphatic rings. The molecule has 0 saturated heterocycles. The minimum absolute atomic E-state index is 0.447. The number of carbonyl (C=O) groups is 2. The predicted octanol–water partition coefficient (Wildman–Crippen LogP) is 1.25. The van der Waals surface area contributed by atoms with Crippen LogP contribution in [0.25, 0.3) is 0 Å². The summed E-state index contributed by atoms with van der Waals surface area (Å²) in [5, 5.41) is 10.9. The molecular weight excluding hydrogens is 210 g/mol. The number of carboxylic acids is 1. The van der Waals surface area contributed by atoms with Gasteiger partial charge in [0.25, 0.3) is 0 Å². The van der Waals surface area contributed by atoms with E-state index in [0.717, 1.165) is 5.56 Å².